The predicted octanol–water partition coefficient (Wildman–Crippen LogP) is 2.44. The highest BCUT2D eigenvalue weighted by molar-refractivity contribution is 5.99. The Hall–Kier alpha value is -3.95. The number of nitrogens with zero attached hydrogens (tertiary/aromatic N) is 2. The van der Waals surface area contributed by atoms with E-state index in [9.17, 15) is 18.8 Å². The van der Waals surface area contributed by atoms with Crippen molar-refractivity contribution in [3.05, 3.63) is 58.9 Å². The van der Waals surface area contributed by atoms with Gasteiger partial charge in [0.25, 0.3) is 5.91 Å². The highest BCUT2D eigenvalue weighted by atomic mass is 19.1. The minimum absolute atomic E-state index is 0.00617. The summed E-state index contributed by atoms with van der Waals surface area (Å²) >= 11 is 0. The fourth-order valence-electron chi connectivity index (χ4n) is 3.60. The number of benzene rings is 1. The molecule has 31 heavy (non-hydrogen) atoms. The maximum atomic E-state index is 14.6. The summed E-state index contributed by atoms with van der Waals surface area (Å²) < 4.78 is 25.5. The third-order valence-corrected chi connectivity index (χ3v) is 5.07. The minimum Gasteiger partial charge on any atom is -0.494 e. The summed E-state index contributed by atoms with van der Waals surface area (Å²) in [7, 11) is 1.33. The van der Waals surface area contributed by atoms with Gasteiger partial charge < -0.3 is 19.4 Å². The monoisotopic (exact) mass is 426 g/mol. The van der Waals surface area contributed by atoms with Crippen LogP contribution in [-0.4, -0.2) is 41.9 Å². The van der Waals surface area contributed by atoms with Gasteiger partial charge in [0.2, 0.25) is 6.41 Å². The zero-order valence-corrected chi connectivity index (χ0v) is 16.8. The third kappa shape index (κ3) is 3.79. The molecule has 0 saturated carbocycles. The van der Waals surface area contributed by atoms with Crippen molar-refractivity contribution >= 4 is 29.3 Å². The number of carbonyl (C=O) groups is 3. The van der Waals surface area contributed by atoms with Gasteiger partial charge >= 0.3 is 6.03 Å². The van der Waals surface area contributed by atoms with Gasteiger partial charge in [-0.2, -0.15) is 0 Å². The standard InChI is InChI=1S/C21H19FN4O5/c1-11-5-16-13(7-23-11)6-17(31-16)14(25-21(29)24-10-27)9-26-8-12-3-4-15(30-2)19(22)18(12)20(26)28/h3-7,10,14H,8-9H2,1-2H3,(H2,24,25,27,29)/t14-/m0/s1. The Morgan fingerprint density at radius 2 is 2.23 bits per heavy atom. The summed E-state index contributed by atoms with van der Waals surface area (Å²) in [5.74, 6) is -0.900. The molecule has 0 fully saturated rings. The van der Waals surface area contributed by atoms with E-state index in [0.29, 0.717) is 16.9 Å². The maximum Gasteiger partial charge on any atom is 0.321 e. The van der Waals surface area contributed by atoms with Crippen LogP contribution < -0.4 is 15.4 Å². The van der Waals surface area contributed by atoms with Crippen LogP contribution in [0.15, 0.2) is 34.9 Å². The van der Waals surface area contributed by atoms with Gasteiger partial charge in [0.15, 0.2) is 11.6 Å². The van der Waals surface area contributed by atoms with Crippen LogP contribution >= 0.6 is 0 Å². The number of aromatic nitrogens is 1. The van der Waals surface area contributed by atoms with Crippen LogP contribution in [0.1, 0.15) is 33.4 Å². The number of methoxy groups -OCH3 is 1. The van der Waals surface area contributed by atoms with Crippen LogP contribution in [0.5, 0.6) is 5.75 Å². The van der Waals surface area contributed by atoms with E-state index in [1.807, 2.05) is 12.2 Å². The normalized spacial score (nSPS) is 13.8. The average Bonchev–Trinajstić information content (AvgIpc) is 3.29. The molecule has 1 aliphatic heterocycles. The molecule has 0 aliphatic carbocycles. The van der Waals surface area contributed by atoms with Crippen LogP contribution in [0.25, 0.3) is 11.0 Å². The number of hydrogen-bond donors (Lipinski definition) is 2. The first-order valence-electron chi connectivity index (χ1n) is 9.42. The molecule has 0 radical (unpaired) electrons. The molecule has 4 amide bonds. The molecule has 0 unspecified atom stereocenters. The van der Waals surface area contributed by atoms with E-state index in [4.69, 9.17) is 9.15 Å². The van der Waals surface area contributed by atoms with Gasteiger partial charge in [-0.05, 0) is 24.6 Å². The molecule has 1 atom stereocenters. The quantitative estimate of drug-likeness (QED) is 0.586. The number of hydrogen-bond acceptors (Lipinski definition) is 6. The number of halogens is 1. The van der Waals surface area contributed by atoms with E-state index in [2.05, 4.69) is 10.3 Å². The number of nitrogens with one attached hydrogen (secondary N) is 2. The lowest BCUT2D eigenvalue weighted by atomic mass is 10.1. The fourth-order valence-corrected chi connectivity index (χ4v) is 3.60. The Bertz CT molecular complexity index is 1190. The van der Waals surface area contributed by atoms with Gasteiger partial charge in [-0.1, -0.05) is 6.07 Å². The molecule has 2 N–H and O–H groups in total. The van der Waals surface area contributed by atoms with E-state index in [1.54, 1.807) is 24.4 Å². The van der Waals surface area contributed by atoms with E-state index >= 15 is 0 Å². The molecular weight excluding hydrogens is 407 g/mol. The molecule has 2 aromatic heterocycles. The van der Waals surface area contributed by atoms with Crippen LogP contribution in [0.2, 0.25) is 0 Å². The van der Waals surface area contributed by atoms with Crippen LogP contribution in [0.3, 0.4) is 0 Å². The van der Waals surface area contributed by atoms with Crippen molar-refractivity contribution in [2.75, 3.05) is 13.7 Å². The van der Waals surface area contributed by atoms with Crippen molar-refractivity contribution in [2.45, 2.75) is 19.5 Å². The first kappa shape index (κ1) is 20.3. The Morgan fingerprint density at radius 3 is 2.97 bits per heavy atom. The zero-order valence-electron chi connectivity index (χ0n) is 16.8. The molecular formula is C21H19FN4O5. The first-order chi connectivity index (χ1) is 14.9. The van der Waals surface area contributed by atoms with E-state index in [-0.39, 0.29) is 30.8 Å². The molecule has 0 saturated heterocycles. The van der Waals surface area contributed by atoms with Crippen molar-refractivity contribution in [1.82, 2.24) is 20.5 Å². The summed E-state index contributed by atoms with van der Waals surface area (Å²) in [5.41, 5.74) is 1.78. The molecule has 1 aliphatic rings. The molecule has 3 heterocycles. The SMILES string of the molecule is COc1ccc2c(c1F)C(=O)N(C[C@H](NC(=O)NC=O)c1cc3cnc(C)cc3o1)C2. The topological polar surface area (TPSA) is 114 Å². The van der Waals surface area contributed by atoms with Crippen LogP contribution in [-0.2, 0) is 11.3 Å². The van der Waals surface area contributed by atoms with Crippen molar-refractivity contribution in [3.8, 4) is 5.75 Å². The molecule has 160 valence electrons. The summed E-state index contributed by atoms with van der Waals surface area (Å²) in [6, 6.07) is 4.99. The number of carbonyl (C=O) groups excluding carboxylic acids is 3. The lowest BCUT2D eigenvalue weighted by Crippen LogP contribution is -2.42. The van der Waals surface area contributed by atoms with Gasteiger partial charge in [0.05, 0.1) is 12.7 Å². The zero-order chi connectivity index (χ0) is 22.1. The van der Waals surface area contributed by atoms with E-state index in [0.717, 1.165) is 11.1 Å². The highest BCUT2D eigenvalue weighted by Gasteiger charge is 2.34. The molecule has 9 nitrogen and oxygen atoms in total. The van der Waals surface area contributed by atoms with E-state index < -0.39 is 23.8 Å². The summed E-state index contributed by atoms with van der Waals surface area (Å²) in [6.45, 7) is 1.97. The number of aryl methyl sites for hydroxylation is 1. The Kier molecular flexibility index (Phi) is 5.28. The van der Waals surface area contributed by atoms with Gasteiger partial charge in [-0.15, -0.1) is 0 Å². The van der Waals surface area contributed by atoms with Gasteiger partial charge in [0.1, 0.15) is 17.4 Å². The molecule has 0 bridgehead atoms. The molecule has 3 aromatic rings. The molecule has 1 aromatic carbocycles. The molecule has 0 spiro atoms. The van der Waals surface area contributed by atoms with Gasteiger partial charge in [-0.25, -0.2) is 9.18 Å². The molecule has 10 heteroatoms. The lowest BCUT2D eigenvalue weighted by molar-refractivity contribution is -0.108. The summed E-state index contributed by atoms with van der Waals surface area (Å²) in [5, 5.41) is 5.33. The van der Waals surface area contributed by atoms with Crippen molar-refractivity contribution in [1.29, 1.82) is 0 Å². The minimum atomic E-state index is -0.795. The second kappa shape index (κ2) is 8.05. The number of fused-ring (bicyclic) bond motifs is 2. The highest BCUT2D eigenvalue weighted by Crippen LogP contribution is 2.32. The second-order valence-corrected chi connectivity index (χ2v) is 7.10. The summed E-state index contributed by atoms with van der Waals surface area (Å²) in [4.78, 5) is 41.2. The van der Waals surface area contributed by atoms with Crippen molar-refractivity contribution in [3.63, 3.8) is 0 Å². The Balaban J connectivity index is 1.64. The third-order valence-electron chi connectivity index (χ3n) is 5.07. The number of imide groups is 1. The van der Waals surface area contributed by atoms with Crippen LogP contribution in [0, 0.1) is 12.7 Å². The predicted molar refractivity (Wildman–Crippen MR) is 107 cm³/mol. The fraction of sp³-hybridized carbons (Fsp3) is 0.238. The number of pyridine rings is 1. The number of urea groups is 1. The smallest absolute Gasteiger partial charge is 0.321 e. The maximum absolute atomic E-state index is 14.6. The number of rotatable bonds is 6. The van der Waals surface area contributed by atoms with E-state index in [1.165, 1.54) is 18.1 Å². The van der Waals surface area contributed by atoms with Crippen molar-refractivity contribution < 1.29 is 27.9 Å². The first-order valence-corrected chi connectivity index (χ1v) is 9.42. The largest absolute Gasteiger partial charge is 0.494 e. The van der Waals surface area contributed by atoms with Gasteiger partial charge in [-0.3, -0.25) is 19.9 Å². The summed E-state index contributed by atoms with van der Waals surface area (Å²) in [6.07, 6.45) is 1.88. The van der Waals surface area contributed by atoms with Crippen LogP contribution in [0.4, 0.5) is 9.18 Å². The number of amides is 4. The Labute approximate surface area is 176 Å². The second-order valence-electron chi connectivity index (χ2n) is 7.10. The number of ether oxygens (including phenoxy) is 1. The lowest BCUT2D eigenvalue weighted by Gasteiger charge is -2.23. The van der Waals surface area contributed by atoms with Gasteiger partial charge in [0, 0.05) is 36.4 Å². The molecule has 4 rings (SSSR count). The Morgan fingerprint density at radius 1 is 1.42 bits per heavy atom. The van der Waals surface area contributed by atoms with Crippen molar-refractivity contribution in [2.24, 2.45) is 0 Å². The average molecular weight is 426 g/mol. The number of furan rings is 1.